The Morgan fingerprint density at radius 1 is 1.53 bits per heavy atom. The van der Waals surface area contributed by atoms with Gasteiger partial charge in [0.05, 0.1) is 12.1 Å². The number of hydrogen-bond acceptors (Lipinski definition) is 5. The van der Waals surface area contributed by atoms with Crippen LogP contribution in [0, 0.1) is 0 Å². The van der Waals surface area contributed by atoms with Crippen molar-refractivity contribution >= 4 is 22.8 Å². The molecule has 102 valence electrons. The minimum Gasteiger partial charge on any atom is -0.464 e. The van der Waals surface area contributed by atoms with Gasteiger partial charge in [0, 0.05) is 18.8 Å². The molecule has 0 fully saturated rings. The molecule has 0 spiro atoms. The van der Waals surface area contributed by atoms with Crippen LogP contribution < -0.4 is 11.1 Å². The highest BCUT2D eigenvalue weighted by atomic mass is 16.5. The van der Waals surface area contributed by atoms with E-state index in [1.165, 1.54) is 4.57 Å². The highest BCUT2D eigenvalue weighted by Crippen LogP contribution is 2.18. The molecule has 1 aromatic heterocycles. The summed E-state index contributed by atoms with van der Waals surface area (Å²) in [6.45, 7) is 3.82. The van der Waals surface area contributed by atoms with Crippen molar-refractivity contribution in [3.05, 3.63) is 28.7 Å². The summed E-state index contributed by atoms with van der Waals surface area (Å²) in [5, 5.41) is 3.00. The Hall–Kier alpha value is -2.24. The molecule has 0 saturated carbocycles. The zero-order valence-electron chi connectivity index (χ0n) is 11.1. The van der Waals surface area contributed by atoms with E-state index in [1.54, 1.807) is 39.1 Å². The molecular formula is C13H16N2O4. The number of nitrogens with one attached hydrogen (secondary N) is 1. The van der Waals surface area contributed by atoms with Crippen molar-refractivity contribution in [2.75, 3.05) is 11.9 Å². The molecule has 2 rings (SSSR count). The Morgan fingerprint density at radius 3 is 2.95 bits per heavy atom. The number of benzene rings is 1. The quantitative estimate of drug-likeness (QED) is 0.847. The van der Waals surface area contributed by atoms with Gasteiger partial charge >= 0.3 is 11.7 Å². The molecule has 0 unspecified atom stereocenters. The zero-order chi connectivity index (χ0) is 14.0. The molecular weight excluding hydrogens is 248 g/mol. The monoisotopic (exact) mass is 264 g/mol. The van der Waals surface area contributed by atoms with Gasteiger partial charge in [-0.3, -0.25) is 4.57 Å². The average Bonchev–Trinajstić information content (AvgIpc) is 2.65. The van der Waals surface area contributed by atoms with Gasteiger partial charge in [-0.05, 0) is 26.0 Å². The Bertz CT molecular complexity index is 656. The van der Waals surface area contributed by atoms with Gasteiger partial charge in [-0.1, -0.05) is 0 Å². The molecule has 1 atom stereocenters. The number of carbonyl (C=O) groups excluding carboxylic acids is 1. The van der Waals surface area contributed by atoms with Gasteiger partial charge in [0.2, 0.25) is 0 Å². The number of fused-ring (bicyclic) bond motifs is 1. The van der Waals surface area contributed by atoms with Gasteiger partial charge < -0.3 is 14.5 Å². The second kappa shape index (κ2) is 5.17. The van der Waals surface area contributed by atoms with Gasteiger partial charge in [0.1, 0.15) is 6.04 Å². The average molecular weight is 264 g/mol. The number of rotatable bonds is 4. The maximum absolute atomic E-state index is 11.5. The highest BCUT2D eigenvalue weighted by Gasteiger charge is 2.14. The maximum atomic E-state index is 11.5. The number of anilines is 1. The Kier molecular flexibility index (Phi) is 3.59. The van der Waals surface area contributed by atoms with Crippen LogP contribution in [0.4, 0.5) is 5.69 Å². The number of ether oxygens (including phenoxy) is 1. The van der Waals surface area contributed by atoms with E-state index >= 15 is 0 Å². The molecule has 0 radical (unpaired) electrons. The number of hydrogen-bond donors (Lipinski definition) is 1. The van der Waals surface area contributed by atoms with Gasteiger partial charge in [-0.25, -0.2) is 9.59 Å². The SMILES string of the molecule is CCOC(=O)[C@H](C)Nc1ccc2c(c1)oc(=O)n2C. The summed E-state index contributed by atoms with van der Waals surface area (Å²) in [5.41, 5.74) is 1.88. The van der Waals surface area contributed by atoms with E-state index in [-0.39, 0.29) is 5.97 Å². The van der Waals surface area contributed by atoms with Crippen molar-refractivity contribution in [2.24, 2.45) is 7.05 Å². The molecule has 1 aromatic carbocycles. The lowest BCUT2D eigenvalue weighted by atomic mass is 10.2. The van der Waals surface area contributed by atoms with Gasteiger partial charge in [0.15, 0.2) is 5.58 Å². The molecule has 0 aliphatic rings. The smallest absolute Gasteiger partial charge is 0.419 e. The van der Waals surface area contributed by atoms with Crippen LogP contribution in [0.25, 0.3) is 11.1 Å². The normalized spacial score (nSPS) is 12.4. The Morgan fingerprint density at radius 2 is 2.26 bits per heavy atom. The van der Waals surface area contributed by atoms with E-state index in [0.717, 1.165) is 0 Å². The minimum atomic E-state index is -0.465. The third-order valence-electron chi connectivity index (χ3n) is 2.82. The second-order valence-electron chi connectivity index (χ2n) is 4.23. The maximum Gasteiger partial charge on any atom is 0.419 e. The van der Waals surface area contributed by atoms with Crippen LogP contribution in [-0.4, -0.2) is 23.2 Å². The van der Waals surface area contributed by atoms with E-state index in [2.05, 4.69) is 5.32 Å². The summed E-state index contributed by atoms with van der Waals surface area (Å²) in [6.07, 6.45) is 0. The van der Waals surface area contributed by atoms with E-state index in [1.807, 2.05) is 0 Å². The fourth-order valence-corrected chi connectivity index (χ4v) is 1.80. The fraction of sp³-hybridized carbons (Fsp3) is 0.385. The summed E-state index contributed by atoms with van der Waals surface area (Å²) in [5.74, 6) is -0.734. The third kappa shape index (κ3) is 2.62. The predicted octanol–water partition coefficient (Wildman–Crippen LogP) is 1.49. The number of carbonyl (C=O) groups is 1. The summed E-state index contributed by atoms with van der Waals surface area (Å²) in [6, 6.07) is 4.77. The Balaban J connectivity index is 2.22. The van der Waals surface area contributed by atoms with Crippen molar-refractivity contribution in [3.8, 4) is 0 Å². The molecule has 0 aliphatic heterocycles. The van der Waals surface area contributed by atoms with Crippen LogP contribution in [0.2, 0.25) is 0 Å². The van der Waals surface area contributed by atoms with E-state index in [0.29, 0.717) is 23.4 Å². The van der Waals surface area contributed by atoms with E-state index in [9.17, 15) is 9.59 Å². The fourth-order valence-electron chi connectivity index (χ4n) is 1.80. The van der Waals surface area contributed by atoms with Crippen LogP contribution in [-0.2, 0) is 16.6 Å². The number of aryl methyl sites for hydroxylation is 1. The lowest BCUT2D eigenvalue weighted by Gasteiger charge is -2.13. The van der Waals surface area contributed by atoms with Gasteiger partial charge in [0.25, 0.3) is 0 Å². The van der Waals surface area contributed by atoms with Crippen LogP contribution in [0.15, 0.2) is 27.4 Å². The number of esters is 1. The zero-order valence-corrected chi connectivity index (χ0v) is 11.1. The summed E-state index contributed by atoms with van der Waals surface area (Å²) < 4.78 is 11.4. The first-order valence-electron chi connectivity index (χ1n) is 6.05. The second-order valence-corrected chi connectivity index (χ2v) is 4.23. The first-order chi connectivity index (χ1) is 9.02. The number of oxazole rings is 1. The molecule has 1 heterocycles. The molecule has 0 aliphatic carbocycles. The molecule has 0 saturated heterocycles. The van der Waals surface area contributed by atoms with Crippen molar-refractivity contribution in [1.29, 1.82) is 0 Å². The molecule has 2 aromatic rings. The third-order valence-corrected chi connectivity index (χ3v) is 2.82. The molecule has 6 heteroatoms. The Labute approximate surface area is 110 Å². The largest absolute Gasteiger partial charge is 0.464 e. The van der Waals surface area contributed by atoms with Crippen molar-refractivity contribution in [2.45, 2.75) is 19.9 Å². The molecule has 0 bridgehead atoms. The molecule has 1 N–H and O–H groups in total. The summed E-state index contributed by atoms with van der Waals surface area (Å²) in [7, 11) is 1.64. The van der Waals surface area contributed by atoms with Gasteiger partial charge in [-0.15, -0.1) is 0 Å². The van der Waals surface area contributed by atoms with Crippen LogP contribution >= 0.6 is 0 Å². The van der Waals surface area contributed by atoms with Crippen molar-refractivity contribution < 1.29 is 13.9 Å². The van der Waals surface area contributed by atoms with Gasteiger partial charge in [-0.2, -0.15) is 0 Å². The number of nitrogens with zero attached hydrogens (tertiary/aromatic N) is 1. The standard InChI is InChI=1S/C13H16N2O4/c1-4-18-12(16)8(2)14-9-5-6-10-11(7-9)19-13(17)15(10)3/h5-8,14H,4H2,1-3H3/t8-/m0/s1. The first kappa shape index (κ1) is 13.2. The van der Waals surface area contributed by atoms with Crippen LogP contribution in [0.3, 0.4) is 0 Å². The predicted molar refractivity (Wildman–Crippen MR) is 71.2 cm³/mol. The molecule has 6 nitrogen and oxygen atoms in total. The molecule has 0 amide bonds. The van der Waals surface area contributed by atoms with Crippen molar-refractivity contribution in [1.82, 2.24) is 4.57 Å². The summed E-state index contributed by atoms with van der Waals surface area (Å²) >= 11 is 0. The van der Waals surface area contributed by atoms with Crippen molar-refractivity contribution in [3.63, 3.8) is 0 Å². The van der Waals surface area contributed by atoms with E-state index < -0.39 is 11.8 Å². The summed E-state index contributed by atoms with van der Waals surface area (Å²) in [4.78, 5) is 22.9. The first-order valence-corrected chi connectivity index (χ1v) is 6.05. The van der Waals surface area contributed by atoms with Crippen LogP contribution in [0.1, 0.15) is 13.8 Å². The highest BCUT2D eigenvalue weighted by molar-refractivity contribution is 5.81. The molecule has 19 heavy (non-hydrogen) atoms. The lowest BCUT2D eigenvalue weighted by molar-refractivity contribution is -0.143. The lowest BCUT2D eigenvalue weighted by Crippen LogP contribution is -2.28. The van der Waals surface area contributed by atoms with E-state index in [4.69, 9.17) is 9.15 Å². The van der Waals surface area contributed by atoms with Crippen LogP contribution in [0.5, 0.6) is 0 Å². The number of aromatic nitrogens is 1. The topological polar surface area (TPSA) is 73.5 Å². The minimum absolute atomic E-state index is 0.322.